The van der Waals surface area contributed by atoms with Gasteiger partial charge < -0.3 is 10.2 Å². The number of benzene rings is 1. The van der Waals surface area contributed by atoms with Crippen LogP contribution in [0.25, 0.3) is 0 Å². The molecule has 3 rings (SSSR count). The van der Waals surface area contributed by atoms with Crippen molar-refractivity contribution in [3.8, 4) is 0 Å². The van der Waals surface area contributed by atoms with Crippen LogP contribution in [0.5, 0.6) is 0 Å². The van der Waals surface area contributed by atoms with Crippen molar-refractivity contribution >= 4 is 11.9 Å². The van der Waals surface area contributed by atoms with E-state index < -0.39 is 0 Å². The van der Waals surface area contributed by atoms with Crippen LogP contribution in [0.4, 0.5) is 5.95 Å². The highest BCUT2D eigenvalue weighted by atomic mass is 16.1. The zero-order valence-corrected chi connectivity index (χ0v) is 14.9. The third-order valence-electron chi connectivity index (χ3n) is 4.48. The Hall–Kier alpha value is -2.43. The summed E-state index contributed by atoms with van der Waals surface area (Å²) in [6.07, 6.45) is 5.47. The van der Waals surface area contributed by atoms with Crippen LogP contribution in [0.1, 0.15) is 47.4 Å². The number of hydrogen-bond donors (Lipinski definition) is 1. The minimum absolute atomic E-state index is 0.114. The van der Waals surface area contributed by atoms with Gasteiger partial charge in [-0.2, -0.15) is 0 Å². The van der Waals surface area contributed by atoms with Crippen LogP contribution in [0.15, 0.2) is 36.4 Å². The van der Waals surface area contributed by atoms with Crippen molar-refractivity contribution in [1.82, 2.24) is 15.3 Å². The lowest BCUT2D eigenvalue weighted by atomic mass is 10.1. The number of nitrogens with one attached hydrogen (secondary N) is 1. The number of hydrogen-bond acceptors (Lipinski definition) is 4. The number of aryl methyl sites for hydroxylation is 2. The Morgan fingerprint density at radius 2 is 1.88 bits per heavy atom. The van der Waals surface area contributed by atoms with Gasteiger partial charge in [0, 0.05) is 25.3 Å². The molecule has 2 aromatic rings. The van der Waals surface area contributed by atoms with E-state index in [1.54, 1.807) is 6.07 Å². The molecule has 0 bridgehead atoms. The van der Waals surface area contributed by atoms with Gasteiger partial charge in [0.2, 0.25) is 5.95 Å². The third-order valence-corrected chi connectivity index (χ3v) is 4.48. The standard InChI is InChI=1S/C20H26N4O/c1-16-15-18(23-20(22-16)24-13-6-3-7-14-24)19(25)21-12-8-11-17-9-4-2-5-10-17/h2,4-5,9-10,15H,3,6-8,11-14H2,1H3,(H,21,25). The summed E-state index contributed by atoms with van der Waals surface area (Å²) in [7, 11) is 0. The molecule has 25 heavy (non-hydrogen) atoms. The zero-order valence-electron chi connectivity index (χ0n) is 14.9. The first kappa shape index (κ1) is 17.4. The van der Waals surface area contributed by atoms with Gasteiger partial charge in [-0.3, -0.25) is 4.79 Å². The summed E-state index contributed by atoms with van der Waals surface area (Å²) in [5.41, 5.74) is 2.60. The lowest BCUT2D eigenvalue weighted by Gasteiger charge is -2.27. The minimum Gasteiger partial charge on any atom is -0.351 e. The molecule has 0 spiro atoms. The van der Waals surface area contributed by atoms with E-state index in [0.29, 0.717) is 18.2 Å². The van der Waals surface area contributed by atoms with E-state index in [-0.39, 0.29) is 5.91 Å². The van der Waals surface area contributed by atoms with E-state index in [4.69, 9.17) is 0 Å². The monoisotopic (exact) mass is 338 g/mol. The number of carbonyl (C=O) groups excluding carboxylic acids is 1. The molecule has 1 saturated heterocycles. The molecule has 1 fully saturated rings. The molecule has 0 saturated carbocycles. The molecule has 1 amide bonds. The van der Waals surface area contributed by atoms with Gasteiger partial charge in [0.25, 0.3) is 5.91 Å². The molecule has 0 aliphatic carbocycles. The molecule has 5 heteroatoms. The average Bonchev–Trinajstić information content (AvgIpc) is 2.66. The number of aromatic nitrogens is 2. The van der Waals surface area contributed by atoms with Crippen LogP contribution in [0.2, 0.25) is 0 Å². The predicted molar refractivity (Wildman–Crippen MR) is 99.9 cm³/mol. The predicted octanol–water partition coefficient (Wildman–Crippen LogP) is 3.14. The number of anilines is 1. The molecule has 0 atom stereocenters. The fourth-order valence-corrected chi connectivity index (χ4v) is 3.13. The maximum absolute atomic E-state index is 12.4. The lowest BCUT2D eigenvalue weighted by Crippen LogP contribution is -2.32. The molecule has 0 unspecified atom stereocenters. The summed E-state index contributed by atoms with van der Waals surface area (Å²) in [6.45, 7) is 4.51. The Balaban J connectivity index is 1.55. The molecular formula is C20H26N4O. The topological polar surface area (TPSA) is 58.1 Å². The first-order valence-electron chi connectivity index (χ1n) is 9.15. The summed E-state index contributed by atoms with van der Waals surface area (Å²) in [5.74, 6) is 0.575. The van der Waals surface area contributed by atoms with Gasteiger partial charge in [0.1, 0.15) is 5.69 Å². The van der Waals surface area contributed by atoms with Crippen LogP contribution in [-0.4, -0.2) is 35.5 Å². The second-order valence-corrected chi connectivity index (χ2v) is 6.59. The van der Waals surface area contributed by atoms with Crippen molar-refractivity contribution in [3.63, 3.8) is 0 Å². The van der Waals surface area contributed by atoms with Crippen LogP contribution >= 0.6 is 0 Å². The van der Waals surface area contributed by atoms with Gasteiger partial charge in [-0.1, -0.05) is 30.3 Å². The van der Waals surface area contributed by atoms with Crippen molar-refractivity contribution in [3.05, 3.63) is 53.3 Å². The highest BCUT2D eigenvalue weighted by molar-refractivity contribution is 5.92. The second-order valence-electron chi connectivity index (χ2n) is 6.59. The molecule has 1 aromatic carbocycles. The Morgan fingerprint density at radius 1 is 1.12 bits per heavy atom. The summed E-state index contributed by atoms with van der Waals surface area (Å²) in [6, 6.07) is 12.1. The Labute approximate surface area is 149 Å². The van der Waals surface area contributed by atoms with Gasteiger partial charge in [0.05, 0.1) is 0 Å². The van der Waals surface area contributed by atoms with E-state index in [0.717, 1.165) is 44.5 Å². The van der Waals surface area contributed by atoms with Crippen molar-refractivity contribution in [2.24, 2.45) is 0 Å². The first-order valence-corrected chi connectivity index (χ1v) is 9.15. The number of piperidine rings is 1. The highest BCUT2D eigenvalue weighted by Crippen LogP contribution is 2.16. The van der Waals surface area contributed by atoms with Crippen molar-refractivity contribution < 1.29 is 4.79 Å². The van der Waals surface area contributed by atoms with Crippen molar-refractivity contribution in [2.45, 2.75) is 39.0 Å². The Bertz CT molecular complexity index is 696. The van der Waals surface area contributed by atoms with Crippen LogP contribution in [-0.2, 0) is 6.42 Å². The Kier molecular flexibility index (Phi) is 5.99. The largest absolute Gasteiger partial charge is 0.351 e. The smallest absolute Gasteiger partial charge is 0.270 e. The van der Waals surface area contributed by atoms with Gasteiger partial charge in [-0.25, -0.2) is 9.97 Å². The molecule has 1 N–H and O–H groups in total. The first-order chi connectivity index (χ1) is 12.2. The van der Waals surface area contributed by atoms with Crippen LogP contribution < -0.4 is 10.2 Å². The molecule has 1 aliphatic rings. The minimum atomic E-state index is -0.114. The summed E-state index contributed by atoms with van der Waals surface area (Å²) in [5, 5.41) is 2.98. The highest BCUT2D eigenvalue weighted by Gasteiger charge is 2.16. The number of carbonyl (C=O) groups is 1. The fourth-order valence-electron chi connectivity index (χ4n) is 3.13. The normalized spacial score (nSPS) is 14.4. The number of amides is 1. The number of nitrogens with zero attached hydrogens (tertiary/aromatic N) is 3. The zero-order chi connectivity index (χ0) is 17.5. The maximum atomic E-state index is 12.4. The van der Waals surface area contributed by atoms with Crippen molar-refractivity contribution in [1.29, 1.82) is 0 Å². The summed E-state index contributed by atoms with van der Waals surface area (Å²) in [4.78, 5) is 23.6. The molecule has 132 valence electrons. The maximum Gasteiger partial charge on any atom is 0.270 e. The van der Waals surface area contributed by atoms with Crippen LogP contribution in [0.3, 0.4) is 0 Å². The van der Waals surface area contributed by atoms with E-state index in [9.17, 15) is 4.79 Å². The second kappa shape index (κ2) is 8.60. The average molecular weight is 338 g/mol. The lowest BCUT2D eigenvalue weighted by molar-refractivity contribution is 0.0948. The fraction of sp³-hybridized carbons (Fsp3) is 0.450. The molecule has 0 radical (unpaired) electrons. The van der Waals surface area contributed by atoms with Gasteiger partial charge in [-0.15, -0.1) is 0 Å². The van der Waals surface area contributed by atoms with E-state index >= 15 is 0 Å². The molecule has 1 aliphatic heterocycles. The summed E-state index contributed by atoms with van der Waals surface area (Å²) < 4.78 is 0. The SMILES string of the molecule is Cc1cc(C(=O)NCCCc2ccccc2)nc(N2CCCCC2)n1. The van der Waals surface area contributed by atoms with Crippen LogP contribution in [0, 0.1) is 6.92 Å². The molecule has 2 heterocycles. The molecule has 1 aromatic heterocycles. The molecular weight excluding hydrogens is 312 g/mol. The van der Waals surface area contributed by atoms with Gasteiger partial charge in [-0.05, 0) is 50.7 Å². The van der Waals surface area contributed by atoms with Crippen molar-refractivity contribution in [2.75, 3.05) is 24.5 Å². The van der Waals surface area contributed by atoms with E-state index in [1.807, 2.05) is 25.1 Å². The number of rotatable bonds is 6. The van der Waals surface area contributed by atoms with E-state index in [1.165, 1.54) is 12.0 Å². The quantitative estimate of drug-likeness (QED) is 0.822. The Morgan fingerprint density at radius 3 is 2.64 bits per heavy atom. The third kappa shape index (κ3) is 5.02. The summed E-state index contributed by atoms with van der Waals surface area (Å²) >= 11 is 0. The molecule has 5 nitrogen and oxygen atoms in total. The van der Waals surface area contributed by atoms with Gasteiger partial charge >= 0.3 is 0 Å². The van der Waals surface area contributed by atoms with Gasteiger partial charge in [0.15, 0.2) is 0 Å². The van der Waals surface area contributed by atoms with E-state index in [2.05, 4.69) is 32.3 Å².